The van der Waals surface area contributed by atoms with Gasteiger partial charge in [0.15, 0.2) is 0 Å². The van der Waals surface area contributed by atoms with Crippen molar-refractivity contribution in [3.8, 4) is 0 Å². The van der Waals surface area contributed by atoms with Crippen LogP contribution in [0.2, 0.25) is 0 Å². The average Bonchev–Trinajstić information content (AvgIpc) is 2.59. The largest absolute Gasteiger partial charge is 0.478 e. The predicted molar refractivity (Wildman–Crippen MR) is 59.4 cm³/mol. The first-order valence-corrected chi connectivity index (χ1v) is 4.97. The van der Waals surface area contributed by atoms with Crippen LogP contribution in [-0.2, 0) is 6.42 Å². The van der Waals surface area contributed by atoms with E-state index in [9.17, 15) is 4.79 Å². The van der Waals surface area contributed by atoms with Crippen LogP contribution in [0, 0.1) is 6.92 Å². The van der Waals surface area contributed by atoms with Crippen LogP contribution in [0.3, 0.4) is 0 Å². The summed E-state index contributed by atoms with van der Waals surface area (Å²) >= 11 is 0. The molecular formula is C12H13NO2. The van der Waals surface area contributed by atoms with Crippen LogP contribution in [0.25, 0.3) is 10.9 Å². The number of nitrogens with one attached hydrogen (secondary N) is 1. The van der Waals surface area contributed by atoms with Gasteiger partial charge in [-0.1, -0.05) is 6.92 Å². The van der Waals surface area contributed by atoms with E-state index in [1.54, 1.807) is 6.07 Å². The summed E-state index contributed by atoms with van der Waals surface area (Å²) in [7, 11) is 0. The third kappa shape index (κ3) is 1.50. The van der Waals surface area contributed by atoms with Crippen molar-refractivity contribution in [1.82, 2.24) is 4.98 Å². The molecule has 0 atom stereocenters. The van der Waals surface area contributed by atoms with Gasteiger partial charge in [-0.2, -0.15) is 0 Å². The van der Waals surface area contributed by atoms with Crippen LogP contribution in [0.5, 0.6) is 0 Å². The Morgan fingerprint density at radius 3 is 2.80 bits per heavy atom. The van der Waals surface area contributed by atoms with E-state index in [1.165, 1.54) is 0 Å². The lowest BCUT2D eigenvalue weighted by Crippen LogP contribution is -1.99. The van der Waals surface area contributed by atoms with Crippen LogP contribution < -0.4 is 0 Å². The summed E-state index contributed by atoms with van der Waals surface area (Å²) in [5.74, 6) is -0.878. The number of benzene rings is 1. The number of carboxylic acid groups (broad SMARTS) is 1. The molecule has 2 rings (SSSR count). The van der Waals surface area contributed by atoms with Gasteiger partial charge in [0.25, 0.3) is 0 Å². The normalized spacial score (nSPS) is 10.8. The van der Waals surface area contributed by atoms with Gasteiger partial charge in [0, 0.05) is 11.6 Å². The van der Waals surface area contributed by atoms with Gasteiger partial charge in [-0.15, -0.1) is 0 Å². The van der Waals surface area contributed by atoms with E-state index in [-0.39, 0.29) is 0 Å². The van der Waals surface area contributed by atoms with Crippen LogP contribution >= 0.6 is 0 Å². The Labute approximate surface area is 87.7 Å². The zero-order valence-corrected chi connectivity index (χ0v) is 8.79. The van der Waals surface area contributed by atoms with Gasteiger partial charge in [-0.25, -0.2) is 4.79 Å². The number of carbonyl (C=O) groups is 1. The number of fused-ring (bicyclic) bond motifs is 1. The van der Waals surface area contributed by atoms with Crippen molar-refractivity contribution >= 4 is 16.9 Å². The maximum atomic E-state index is 11.1. The van der Waals surface area contributed by atoms with Crippen LogP contribution in [0.4, 0.5) is 0 Å². The number of carboxylic acids is 1. The fraction of sp³-hybridized carbons (Fsp3) is 0.250. The number of aryl methyl sites for hydroxylation is 2. The topological polar surface area (TPSA) is 53.1 Å². The minimum Gasteiger partial charge on any atom is -0.478 e. The summed E-state index contributed by atoms with van der Waals surface area (Å²) in [4.78, 5) is 14.1. The summed E-state index contributed by atoms with van der Waals surface area (Å²) in [6.07, 6.45) is 2.69. The van der Waals surface area contributed by atoms with Gasteiger partial charge in [0.1, 0.15) is 0 Å². The van der Waals surface area contributed by atoms with Crippen molar-refractivity contribution in [3.63, 3.8) is 0 Å². The monoisotopic (exact) mass is 203 g/mol. The zero-order chi connectivity index (χ0) is 11.0. The van der Waals surface area contributed by atoms with E-state index in [0.29, 0.717) is 5.56 Å². The molecule has 3 heteroatoms. The SMILES string of the molecule is CCc1cc(C(=O)O)c2[nH]cc(C)c2c1. The lowest BCUT2D eigenvalue weighted by molar-refractivity contribution is 0.0698. The van der Waals surface area contributed by atoms with E-state index in [2.05, 4.69) is 4.98 Å². The van der Waals surface area contributed by atoms with Gasteiger partial charge in [-0.3, -0.25) is 0 Å². The molecule has 3 nitrogen and oxygen atoms in total. The maximum absolute atomic E-state index is 11.1. The summed E-state index contributed by atoms with van der Waals surface area (Å²) in [6.45, 7) is 4.00. The second-order valence-corrected chi connectivity index (χ2v) is 3.70. The fourth-order valence-electron chi connectivity index (χ4n) is 1.80. The van der Waals surface area contributed by atoms with Crippen LogP contribution in [0.15, 0.2) is 18.3 Å². The Balaban J connectivity index is 2.82. The molecule has 1 aromatic heterocycles. The molecule has 0 radical (unpaired) electrons. The molecule has 1 heterocycles. The van der Waals surface area contributed by atoms with Gasteiger partial charge >= 0.3 is 5.97 Å². The van der Waals surface area contributed by atoms with Gasteiger partial charge in [0.2, 0.25) is 0 Å². The van der Waals surface area contributed by atoms with Gasteiger partial charge in [0.05, 0.1) is 11.1 Å². The van der Waals surface area contributed by atoms with Crippen molar-refractivity contribution in [2.45, 2.75) is 20.3 Å². The van der Waals surface area contributed by atoms with Gasteiger partial charge < -0.3 is 10.1 Å². The predicted octanol–water partition coefficient (Wildman–Crippen LogP) is 2.74. The molecule has 0 fully saturated rings. The Hall–Kier alpha value is -1.77. The van der Waals surface area contributed by atoms with Crippen molar-refractivity contribution in [3.05, 3.63) is 35.0 Å². The highest BCUT2D eigenvalue weighted by atomic mass is 16.4. The standard InChI is InChI=1S/C12H13NO2/c1-3-8-4-9-7(2)6-13-11(9)10(5-8)12(14)15/h4-6,13H,3H2,1-2H3,(H,14,15). The van der Waals surface area contributed by atoms with Crippen molar-refractivity contribution < 1.29 is 9.90 Å². The Morgan fingerprint density at radius 1 is 1.47 bits per heavy atom. The average molecular weight is 203 g/mol. The first kappa shape index (κ1) is 9.77. The molecule has 0 aliphatic heterocycles. The minimum atomic E-state index is -0.878. The maximum Gasteiger partial charge on any atom is 0.337 e. The summed E-state index contributed by atoms with van der Waals surface area (Å²) in [5.41, 5.74) is 3.22. The number of hydrogen-bond acceptors (Lipinski definition) is 1. The number of aromatic carboxylic acids is 1. The number of aromatic amines is 1. The Bertz CT molecular complexity index is 526. The van der Waals surface area contributed by atoms with E-state index < -0.39 is 5.97 Å². The second-order valence-electron chi connectivity index (χ2n) is 3.70. The summed E-state index contributed by atoms with van der Waals surface area (Å²) < 4.78 is 0. The lowest BCUT2D eigenvalue weighted by atomic mass is 10.0. The Morgan fingerprint density at radius 2 is 2.20 bits per heavy atom. The quantitative estimate of drug-likeness (QED) is 0.788. The highest BCUT2D eigenvalue weighted by Gasteiger charge is 2.12. The lowest BCUT2D eigenvalue weighted by Gasteiger charge is -2.02. The number of H-pyrrole nitrogens is 1. The molecule has 0 saturated carbocycles. The smallest absolute Gasteiger partial charge is 0.337 e. The molecule has 0 spiro atoms. The van der Waals surface area contributed by atoms with Crippen molar-refractivity contribution in [2.24, 2.45) is 0 Å². The molecule has 1 aromatic carbocycles. The van der Waals surface area contributed by atoms with E-state index in [4.69, 9.17) is 5.11 Å². The summed E-state index contributed by atoms with van der Waals surface area (Å²) in [5, 5.41) is 10.1. The molecule has 2 aromatic rings. The number of rotatable bonds is 2. The molecule has 0 saturated heterocycles. The molecule has 0 aliphatic rings. The Kier molecular flexibility index (Phi) is 2.23. The highest BCUT2D eigenvalue weighted by molar-refractivity contribution is 6.03. The molecular weight excluding hydrogens is 190 g/mol. The molecule has 0 amide bonds. The third-order valence-corrected chi connectivity index (χ3v) is 2.69. The van der Waals surface area contributed by atoms with Crippen LogP contribution in [0.1, 0.15) is 28.4 Å². The highest BCUT2D eigenvalue weighted by Crippen LogP contribution is 2.23. The third-order valence-electron chi connectivity index (χ3n) is 2.69. The first-order chi connectivity index (χ1) is 7.13. The van der Waals surface area contributed by atoms with E-state index >= 15 is 0 Å². The molecule has 78 valence electrons. The molecule has 0 bridgehead atoms. The molecule has 15 heavy (non-hydrogen) atoms. The van der Waals surface area contributed by atoms with Crippen LogP contribution in [-0.4, -0.2) is 16.1 Å². The van der Waals surface area contributed by atoms with Crippen molar-refractivity contribution in [1.29, 1.82) is 0 Å². The molecule has 2 N–H and O–H groups in total. The van der Waals surface area contributed by atoms with Gasteiger partial charge in [-0.05, 0) is 36.6 Å². The first-order valence-electron chi connectivity index (χ1n) is 4.97. The van der Waals surface area contributed by atoms with E-state index in [0.717, 1.165) is 28.5 Å². The van der Waals surface area contributed by atoms with Crippen molar-refractivity contribution in [2.75, 3.05) is 0 Å². The minimum absolute atomic E-state index is 0.359. The zero-order valence-electron chi connectivity index (χ0n) is 8.79. The number of hydrogen-bond donors (Lipinski definition) is 2. The fourth-order valence-corrected chi connectivity index (χ4v) is 1.80. The summed E-state index contributed by atoms with van der Waals surface area (Å²) in [6, 6.07) is 3.79. The second kappa shape index (κ2) is 3.42. The molecule has 0 unspecified atom stereocenters. The number of aromatic nitrogens is 1. The van der Waals surface area contributed by atoms with E-state index in [1.807, 2.05) is 26.1 Å². The molecule has 0 aliphatic carbocycles.